The fourth-order valence-electron chi connectivity index (χ4n) is 2.28. The molecule has 3 nitrogen and oxygen atoms in total. The quantitative estimate of drug-likeness (QED) is 0.860. The summed E-state index contributed by atoms with van der Waals surface area (Å²) in [6.45, 7) is 2.00. The van der Waals surface area contributed by atoms with Crippen LogP contribution in [0.25, 0.3) is 0 Å². The summed E-state index contributed by atoms with van der Waals surface area (Å²) in [5.41, 5.74) is -0.414. The number of esters is 1. The van der Waals surface area contributed by atoms with Gasteiger partial charge >= 0.3 is 5.97 Å². The van der Waals surface area contributed by atoms with Gasteiger partial charge in [-0.25, -0.2) is 0 Å². The summed E-state index contributed by atoms with van der Waals surface area (Å²) in [5, 5.41) is 11.6. The maximum Gasteiger partial charge on any atom is 0.309 e. The van der Waals surface area contributed by atoms with Crippen LogP contribution in [0.2, 0.25) is 5.02 Å². The van der Waals surface area contributed by atoms with Crippen molar-refractivity contribution in [2.24, 2.45) is 0 Å². The van der Waals surface area contributed by atoms with Crippen molar-refractivity contribution in [3.63, 3.8) is 0 Å². The first kappa shape index (κ1) is 15.5. The SMILES string of the molecule is CCOC(=O)CC(O)(c1ccccc1)c1ccccc1Cl. The third-order valence-corrected chi connectivity index (χ3v) is 3.61. The Balaban J connectivity index is 2.49. The Kier molecular flexibility index (Phi) is 4.99. The van der Waals surface area contributed by atoms with Crippen molar-refractivity contribution < 1.29 is 14.6 Å². The van der Waals surface area contributed by atoms with Gasteiger partial charge in [-0.05, 0) is 18.6 Å². The Labute approximate surface area is 129 Å². The molecule has 21 heavy (non-hydrogen) atoms. The number of hydrogen-bond donors (Lipinski definition) is 1. The lowest BCUT2D eigenvalue weighted by molar-refractivity contribution is -0.147. The molecule has 0 aliphatic carbocycles. The zero-order chi connectivity index (χ0) is 15.3. The molecule has 0 amide bonds. The normalized spacial score (nSPS) is 13.5. The topological polar surface area (TPSA) is 46.5 Å². The lowest BCUT2D eigenvalue weighted by atomic mass is 9.83. The van der Waals surface area contributed by atoms with Crippen LogP contribution in [0.3, 0.4) is 0 Å². The zero-order valence-corrected chi connectivity index (χ0v) is 12.5. The highest BCUT2D eigenvalue weighted by Gasteiger charge is 2.36. The molecule has 110 valence electrons. The van der Waals surface area contributed by atoms with Crippen LogP contribution >= 0.6 is 11.6 Å². The summed E-state index contributed by atoms with van der Waals surface area (Å²) in [4.78, 5) is 11.9. The zero-order valence-electron chi connectivity index (χ0n) is 11.8. The van der Waals surface area contributed by atoms with Crippen molar-refractivity contribution in [3.05, 3.63) is 70.7 Å². The predicted octanol–water partition coefficient (Wildman–Crippen LogP) is 3.53. The standard InChI is InChI=1S/C17H17ClO3/c1-2-21-16(19)12-17(20,13-8-4-3-5-9-13)14-10-6-7-11-15(14)18/h3-11,20H,2,12H2,1H3. The van der Waals surface area contributed by atoms with E-state index in [4.69, 9.17) is 16.3 Å². The van der Waals surface area contributed by atoms with E-state index in [2.05, 4.69) is 0 Å². The molecule has 0 aromatic heterocycles. The smallest absolute Gasteiger partial charge is 0.309 e. The molecule has 0 saturated carbocycles. The molecule has 1 atom stereocenters. The second-order valence-electron chi connectivity index (χ2n) is 4.69. The summed E-state index contributed by atoms with van der Waals surface area (Å²) < 4.78 is 4.98. The van der Waals surface area contributed by atoms with Crippen LogP contribution in [-0.4, -0.2) is 17.7 Å². The average Bonchev–Trinajstić information content (AvgIpc) is 2.48. The number of carbonyl (C=O) groups is 1. The Hall–Kier alpha value is -1.84. The van der Waals surface area contributed by atoms with E-state index in [0.29, 0.717) is 16.1 Å². The van der Waals surface area contributed by atoms with Crippen LogP contribution in [0.15, 0.2) is 54.6 Å². The number of aliphatic hydroxyl groups is 1. The Morgan fingerprint density at radius 1 is 1.14 bits per heavy atom. The summed E-state index contributed by atoms with van der Waals surface area (Å²) in [6, 6.07) is 16.0. The first-order valence-electron chi connectivity index (χ1n) is 6.76. The van der Waals surface area contributed by atoms with Crippen LogP contribution in [0.4, 0.5) is 0 Å². The molecule has 0 radical (unpaired) electrons. The van der Waals surface area contributed by atoms with Crippen molar-refractivity contribution in [1.29, 1.82) is 0 Å². The number of ether oxygens (including phenoxy) is 1. The van der Waals surface area contributed by atoms with Gasteiger partial charge in [0.05, 0.1) is 13.0 Å². The Bertz CT molecular complexity index is 612. The fourth-order valence-corrected chi connectivity index (χ4v) is 2.58. The molecule has 0 bridgehead atoms. The monoisotopic (exact) mass is 304 g/mol. The molecule has 0 heterocycles. The first-order chi connectivity index (χ1) is 10.1. The second kappa shape index (κ2) is 6.74. The van der Waals surface area contributed by atoms with Gasteiger partial charge < -0.3 is 9.84 Å². The molecule has 1 unspecified atom stereocenters. The van der Waals surface area contributed by atoms with Gasteiger partial charge in [-0.15, -0.1) is 0 Å². The van der Waals surface area contributed by atoms with Crippen molar-refractivity contribution >= 4 is 17.6 Å². The molecule has 1 N–H and O–H groups in total. The van der Waals surface area contributed by atoms with Gasteiger partial charge in [0.25, 0.3) is 0 Å². The minimum absolute atomic E-state index is 0.186. The first-order valence-corrected chi connectivity index (χ1v) is 7.14. The number of halogens is 1. The summed E-state index contributed by atoms with van der Waals surface area (Å²) >= 11 is 6.21. The Morgan fingerprint density at radius 3 is 2.38 bits per heavy atom. The second-order valence-corrected chi connectivity index (χ2v) is 5.10. The lowest BCUT2D eigenvalue weighted by Gasteiger charge is -2.29. The molecule has 4 heteroatoms. The lowest BCUT2D eigenvalue weighted by Crippen LogP contribution is -2.31. The summed E-state index contributed by atoms with van der Waals surface area (Å²) in [6.07, 6.45) is -0.186. The molecular formula is C17H17ClO3. The van der Waals surface area contributed by atoms with Crippen LogP contribution in [-0.2, 0) is 15.1 Å². The van der Waals surface area contributed by atoms with Gasteiger partial charge in [-0.3, -0.25) is 4.79 Å². The van der Waals surface area contributed by atoms with Gasteiger partial charge in [-0.2, -0.15) is 0 Å². The van der Waals surface area contributed by atoms with Gasteiger partial charge in [0.15, 0.2) is 0 Å². The Morgan fingerprint density at radius 2 is 1.76 bits per heavy atom. The maximum absolute atomic E-state index is 11.9. The maximum atomic E-state index is 11.9. The molecule has 2 rings (SSSR count). The molecule has 2 aromatic rings. The molecule has 0 aliphatic heterocycles. The van der Waals surface area contributed by atoms with Gasteiger partial charge in [0.2, 0.25) is 0 Å². The highest BCUT2D eigenvalue weighted by Crippen LogP contribution is 2.37. The number of rotatable bonds is 5. The third-order valence-electron chi connectivity index (χ3n) is 3.28. The fraction of sp³-hybridized carbons (Fsp3) is 0.235. The van der Waals surface area contributed by atoms with Crippen LogP contribution in [0, 0.1) is 0 Å². The average molecular weight is 305 g/mol. The van der Waals surface area contributed by atoms with E-state index < -0.39 is 11.6 Å². The van der Waals surface area contributed by atoms with E-state index in [1.165, 1.54) is 0 Å². The summed E-state index contributed by atoms with van der Waals surface area (Å²) in [7, 11) is 0. The van der Waals surface area contributed by atoms with Crippen LogP contribution in [0.5, 0.6) is 0 Å². The van der Waals surface area contributed by atoms with Gasteiger partial charge in [-0.1, -0.05) is 60.1 Å². The third kappa shape index (κ3) is 3.43. The van der Waals surface area contributed by atoms with Crippen molar-refractivity contribution in [1.82, 2.24) is 0 Å². The largest absolute Gasteiger partial charge is 0.466 e. The molecule has 2 aromatic carbocycles. The minimum Gasteiger partial charge on any atom is -0.466 e. The van der Waals surface area contributed by atoms with Crippen LogP contribution in [0.1, 0.15) is 24.5 Å². The van der Waals surface area contributed by atoms with Crippen molar-refractivity contribution in [3.8, 4) is 0 Å². The van der Waals surface area contributed by atoms with E-state index in [1.807, 2.05) is 18.2 Å². The predicted molar refractivity (Wildman–Crippen MR) is 82.1 cm³/mol. The highest BCUT2D eigenvalue weighted by molar-refractivity contribution is 6.31. The number of benzene rings is 2. The van der Waals surface area contributed by atoms with Crippen molar-refractivity contribution in [2.45, 2.75) is 18.9 Å². The number of carbonyl (C=O) groups excluding carboxylic acids is 1. The van der Waals surface area contributed by atoms with E-state index in [1.54, 1.807) is 43.3 Å². The molecule has 0 fully saturated rings. The molecular weight excluding hydrogens is 288 g/mol. The van der Waals surface area contributed by atoms with Gasteiger partial charge in [0, 0.05) is 10.6 Å². The molecule has 0 spiro atoms. The van der Waals surface area contributed by atoms with Crippen molar-refractivity contribution in [2.75, 3.05) is 6.61 Å². The minimum atomic E-state index is -1.51. The van der Waals surface area contributed by atoms with E-state index >= 15 is 0 Å². The van der Waals surface area contributed by atoms with Crippen LogP contribution < -0.4 is 0 Å². The molecule has 0 saturated heterocycles. The van der Waals surface area contributed by atoms with E-state index in [9.17, 15) is 9.90 Å². The van der Waals surface area contributed by atoms with E-state index in [0.717, 1.165) is 0 Å². The molecule has 0 aliphatic rings. The highest BCUT2D eigenvalue weighted by atomic mass is 35.5. The summed E-state index contributed by atoms with van der Waals surface area (Å²) in [5.74, 6) is -0.469. The van der Waals surface area contributed by atoms with Gasteiger partial charge in [0.1, 0.15) is 5.60 Å². The number of hydrogen-bond acceptors (Lipinski definition) is 3. The van der Waals surface area contributed by atoms with E-state index in [-0.39, 0.29) is 13.0 Å².